The van der Waals surface area contributed by atoms with E-state index in [1.54, 1.807) is 25.1 Å². The summed E-state index contributed by atoms with van der Waals surface area (Å²) in [5, 5.41) is 11.6. The summed E-state index contributed by atoms with van der Waals surface area (Å²) in [4.78, 5) is 14.6. The molecule has 1 amide bonds. The SMILES string of the molecule is Cc1nnc(CN2CCC[C@H]2C(=O)Nc2cc(Cl)cc(Cl)c2)o1. The molecule has 1 aliphatic heterocycles. The molecule has 1 aliphatic rings. The van der Waals surface area contributed by atoms with Gasteiger partial charge in [0.15, 0.2) is 0 Å². The molecule has 2 heterocycles. The van der Waals surface area contributed by atoms with Gasteiger partial charge in [0.25, 0.3) is 0 Å². The van der Waals surface area contributed by atoms with Gasteiger partial charge in [-0.15, -0.1) is 10.2 Å². The van der Waals surface area contributed by atoms with Crippen molar-refractivity contribution in [2.75, 3.05) is 11.9 Å². The van der Waals surface area contributed by atoms with Crippen molar-refractivity contribution in [2.45, 2.75) is 32.4 Å². The van der Waals surface area contributed by atoms with Crippen LogP contribution in [0.3, 0.4) is 0 Å². The second-order valence-corrected chi connectivity index (χ2v) is 6.36. The quantitative estimate of drug-likeness (QED) is 0.911. The first-order valence-electron chi connectivity index (χ1n) is 7.31. The van der Waals surface area contributed by atoms with Gasteiger partial charge in [-0.25, -0.2) is 0 Å². The number of amides is 1. The van der Waals surface area contributed by atoms with Crippen molar-refractivity contribution in [2.24, 2.45) is 0 Å². The fraction of sp³-hybridized carbons (Fsp3) is 0.400. The average molecular weight is 355 g/mol. The van der Waals surface area contributed by atoms with Gasteiger partial charge < -0.3 is 9.73 Å². The van der Waals surface area contributed by atoms with Crippen LogP contribution >= 0.6 is 23.2 Å². The summed E-state index contributed by atoms with van der Waals surface area (Å²) in [7, 11) is 0. The summed E-state index contributed by atoms with van der Waals surface area (Å²) in [5.41, 5.74) is 0.591. The van der Waals surface area contributed by atoms with E-state index in [-0.39, 0.29) is 11.9 Å². The van der Waals surface area contributed by atoms with E-state index in [0.29, 0.717) is 34.1 Å². The topological polar surface area (TPSA) is 71.3 Å². The molecule has 0 bridgehead atoms. The largest absolute Gasteiger partial charge is 0.424 e. The highest BCUT2D eigenvalue weighted by atomic mass is 35.5. The van der Waals surface area contributed by atoms with Gasteiger partial charge in [0.05, 0.1) is 12.6 Å². The number of aryl methyl sites for hydroxylation is 1. The van der Waals surface area contributed by atoms with Crippen molar-refractivity contribution in [3.8, 4) is 0 Å². The number of hydrogen-bond donors (Lipinski definition) is 1. The van der Waals surface area contributed by atoms with E-state index in [4.69, 9.17) is 27.6 Å². The Hall–Kier alpha value is -1.63. The molecule has 23 heavy (non-hydrogen) atoms. The van der Waals surface area contributed by atoms with E-state index in [9.17, 15) is 4.79 Å². The minimum atomic E-state index is -0.236. The number of nitrogens with one attached hydrogen (secondary N) is 1. The summed E-state index contributed by atoms with van der Waals surface area (Å²) >= 11 is 11.9. The number of benzene rings is 1. The Morgan fingerprint density at radius 2 is 2.09 bits per heavy atom. The van der Waals surface area contributed by atoms with Crippen molar-refractivity contribution in [1.29, 1.82) is 0 Å². The molecule has 1 saturated heterocycles. The zero-order valence-electron chi connectivity index (χ0n) is 12.6. The molecule has 3 rings (SSSR count). The van der Waals surface area contributed by atoms with Gasteiger partial charge in [-0.3, -0.25) is 9.69 Å². The molecular formula is C15H16Cl2N4O2. The highest BCUT2D eigenvalue weighted by molar-refractivity contribution is 6.35. The van der Waals surface area contributed by atoms with E-state index in [1.807, 2.05) is 4.90 Å². The van der Waals surface area contributed by atoms with Gasteiger partial charge in [-0.2, -0.15) is 0 Å². The molecule has 8 heteroatoms. The Kier molecular flexibility index (Phi) is 4.84. The predicted molar refractivity (Wildman–Crippen MR) is 87.6 cm³/mol. The van der Waals surface area contributed by atoms with Crippen molar-refractivity contribution in [3.05, 3.63) is 40.0 Å². The monoisotopic (exact) mass is 354 g/mol. The van der Waals surface area contributed by atoms with Crippen LogP contribution in [-0.2, 0) is 11.3 Å². The van der Waals surface area contributed by atoms with Gasteiger partial charge in [0, 0.05) is 22.7 Å². The van der Waals surface area contributed by atoms with Crippen molar-refractivity contribution in [1.82, 2.24) is 15.1 Å². The van der Waals surface area contributed by atoms with Crippen LogP contribution in [0.5, 0.6) is 0 Å². The van der Waals surface area contributed by atoms with Crippen LogP contribution in [0.25, 0.3) is 0 Å². The maximum Gasteiger partial charge on any atom is 0.241 e. The minimum Gasteiger partial charge on any atom is -0.424 e. The van der Waals surface area contributed by atoms with Crippen LogP contribution in [0.4, 0.5) is 5.69 Å². The third-order valence-electron chi connectivity index (χ3n) is 3.70. The first kappa shape index (κ1) is 16.2. The minimum absolute atomic E-state index is 0.0860. The molecule has 1 atom stereocenters. The lowest BCUT2D eigenvalue weighted by Gasteiger charge is -2.22. The molecule has 122 valence electrons. The van der Waals surface area contributed by atoms with Crippen LogP contribution in [-0.4, -0.2) is 33.6 Å². The average Bonchev–Trinajstić information content (AvgIpc) is 3.07. The number of anilines is 1. The molecule has 2 aromatic rings. The molecule has 0 aliphatic carbocycles. The summed E-state index contributed by atoms with van der Waals surface area (Å²) < 4.78 is 5.39. The third-order valence-corrected chi connectivity index (χ3v) is 4.14. The number of likely N-dealkylation sites (tertiary alicyclic amines) is 1. The highest BCUT2D eigenvalue weighted by Gasteiger charge is 2.31. The molecule has 1 fully saturated rings. The van der Waals surface area contributed by atoms with Crippen LogP contribution in [0.1, 0.15) is 24.6 Å². The third kappa shape index (κ3) is 4.02. The standard InChI is InChI=1S/C15H16Cl2N4O2/c1-9-19-20-14(23-9)8-21-4-2-3-13(21)15(22)18-12-6-10(16)5-11(17)7-12/h5-7,13H,2-4,8H2,1H3,(H,18,22)/t13-/m0/s1. The van der Waals surface area contributed by atoms with Gasteiger partial charge in [0.1, 0.15) is 0 Å². The fourth-order valence-corrected chi connectivity index (χ4v) is 3.27. The molecule has 0 spiro atoms. The molecule has 0 unspecified atom stereocenters. The fourth-order valence-electron chi connectivity index (χ4n) is 2.74. The van der Waals surface area contributed by atoms with Crippen LogP contribution in [0.15, 0.2) is 22.6 Å². The summed E-state index contributed by atoms with van der Waals surface area (Å²) in [6.07, 6.45) is 1.73. The summed E-state index contributed by atoms with van der Waals surface area (Å²) in [6, 6.07) is 4.73. The van der Waals surface area contributed by atoms with Crippen molar-refractivity contribution < 1.29 is 9.21 Å². The number of aromatic nitrogens is 2. The maximum absolute atomic E-state index is 12.5. The van der Waals surface area contributed by atoms with E-state index < -0.39 is 0 Å². The van der Waals surface area contributed by atoms with Gasteiger partial charge >= 0.3 is 0 Å². The molecule has 0 saturated carbocycles. The van der Waals surface area contributed by atoms with Crippen molar-refractivity contribution in [3.63, 3.8) is 0 Å². The number of nitrogens with zero attached hydrogens (tertiary/aromatic N) is 3. The van der Waals surface area contributed by atoms with Crippen LogP contribution in [0, 0.1) is 6.92 Å². The molecule has 1 N–H and O–H groups in total. The van der Waals surface area contributed by atoms with E-state index in [0.717, 1.165) is 19.4 Å². The molecule has 0 radical (unpaired) electrons. The van der Waals surface area contributed by atoms with Gasteiger partial charge in [-0.1, -0.05) is 23.2 Å². The second-order valence-electron chi connectivity index (χ2n) is 5.49. The van der Waals surface area contributed by atoms with Crippen molar-refractivity contribution >= 4 is 34.8 Å². The van der Waals surface area contributed by atoms with E-state index in [2.05, 4.69) is 15.5 Å². The second kappa shape index (κ2) is 6.86. The Bertz CT molecular complexity index is 699. The zero-order chi connectivity index (χ0) is 16.4. The lowest BCUT2D eigenvalue weighted by atomic mass is 10.2. The number of carbonyl (C=O) groups is 1. The molecular weight excluding hydrogens is 339 g/mol. The highest BCUT2D eigenvalue weighted by Crippen LogP contribution is 2.25. The van der Waals surface area contributed by atoms with Gasteiger partial charge in [-0.05, 0) is 37.6 Å². The molecule has 1 aromatic heterocycles. The summed E-state index contributed by atoms with van der Waals surface area (Å²) in [6.45, 7) is 3.03. The van der Waals surface area contributed by atoms with E-state index >= 15 is 0 Å². The van der Waals surface area contributed by atoms with Gasteiger partial charge in [0.2, 0.25) is 17.7 Å². The van der Waals surface area contributed by atoms with E-state index in [1.165, 1.54) is 0 Å². The number of halogens is 2. The predicted octanol–water partition coefficient (Wildman–Crippen LogP) is 3.29. The first-order chi connectivity index (χ1) is 11.0. The zero-order valence-corrected chi connectivity index (χ0v) is 14.1. The first-order valence-corrected chi connectivity index (χ1v) is 8.07. The van der Waals surface area contributed by atoms with Crippen LogP contribution in [0.2, 0.25) is 10.0 Å². The smallest absolute Gasteiger partial charge is 0.241 e. The lowest BCUT2D eigenvalue weighted by molar-refractivity contribution is -0.120. The Balaban J connectivity index is 1.67. The molecule has 1 aromatic carbocycles. The number of hydrogen-bond acceptors (Lipinski definition) is 5. The number of carbonyl (C=O) groups excluding carboxylic acids is 1. The Labute approximate surface area is 143 Å². The lowest BCUT2D eigenvalue weighted by Crippen LogP contribution is -2.39. The normalized spacial score (nSPS) is 18.3. The maximum atomic E-state index is 12.5. The number of rotatable bonds is 4. The van der Waals surface area contributed by atoms with Crippen LogP contribution < -0.4 is 5.32 Å². The Morgan fingerprint density at radius 3 is 2.74 bits per heavy atom. The Morgan fingerprint density at radius 1 is 1.35 bits per heavy atom. The molecule has 6 nitrogen and oxygen atoms in total. The summed E-state index contributed by atoms with van der Waals surface area (Å²) in [5.74, 6) is 0.957.